The summed E-state index contributed by atoms with van der Waals surface area (Å²) in [6, 6.07) is 11.6. The minimum atomic E-state index is -0.195. The molecule has 0 saturated carbocycles. The van der Waals surface area contributed by atoms with Crippen molar-refractivity contribution in [3.8, 4) is 11.5 Å². The maximum atomic E-state index is 12.3. The number of carbonyl (C=O) groups excluding carboxylic acids is 1. The smallest absolute Gasteiger partial charge is 0.224 e. The van der Waals surface area contributed by atoms with E-state index in [9.17, 15) is 4.79 Å². The van der Waals surface area contributed by atoms with E-state index in [1.165, 1.54) is 5.56 Å². The van der Waals surface area contributed by atoms with Gasteiger partial charge in [0.2, 0.25) is 5.91 Å². The van der Waals surface area contributed by atoms with E-state index in [-0.39, 0.29) is 18.4 Å². The Morgan fingerprint density at radius 1 is 1.15 bits per heavy atom. The summed E-state index contributed by atoms with van der Waals surface area (Å²) in [4.78, 5) is 12.3. The number of amides is 1. The Kier molecular flexibility index (Phi) is 4.29. The van der Waals surface area contributed by atoms with Gasteiger partial charge in [0, 0.05) is 10.9 Å². The minimum Gasteiger partial charge on any atom is -0.486 e. The summed E-state index contributed by atoms with van der Waals surface area (Å²) >= 11 is 0. The van der Waals surface area contributed by atoms with Crippen molar-refractivity contribution in [1.82, 2.24) is 5.32 Å². The Balaban J connectivity index is 1.37. The normalized spacial score (nSPS) is 15.8. The first-order chi connectivity index (χ1) is 12.6. The molecule has 0 fully saturated rings. The molecule has 1 aliphatic heterocycles. The molecule has 0 aliphatic carbocycles. The van der Waals surface area contributed by atoms with Crippen molar-refractivity contribution in [3.05, 3.63) is 59.4 Å². The molecule has 1 aromatic heterocycles. The zero-order valence-corrected chi connectivity index (χ0v) is 14.9. The summed E-state index contributed by atoms with van der Waals surface area (Å²) < 4.78 is 17.2. The van der Waals surface area contributed by atoms with Crippen molar-refractivity contribution < 1.29 is 18.7 Å². The lowest BCUT2D eigenvalue weighted by Gasteiger charge is -2.26. The molecule has 1 N–H and O–H groups in total. The van der Waals surface area contributed by atoms with Gasteiger partial charge in [-0.2, -0.15) is 0 Å². The summed E-state index contributed by atoms with van der Waals surface area (Å²) in [7, 11) is 0. The molecule has 0 spiro atoms. The third-order valence-corrected chi connectivity index (χ3v) is 4.79. The van der Waals surface area contributed by atoms with E-state index in [0.717, 1.165) is 27.8 Å². The van der Waals surface area contributed by atoms with Gasteiger partial charge in [0.15, 0.2) is 11.5 Å². The molecule has 5 heteroatoms. The first-order valence-electron chi connectivity index (χ1n) is 8.73. The van der Waals surface area contributed by atoms with Gasteiger partial charge in [0.05, 0.1) is 19.2 Å². The van der Waals surface area contributed by atoms with Gasteiger partial charge in [-0.1, -0.05) is 24.3 Å². The first kappa shape index (κ1) is 16.5. The lowest BCUT2D eigenvalue weighted by atomic mass is 10.0. The van der Waals surface area contributed by atoms with Crippen LogP contribution in [0.5, 0.6) is 11.5 Å². The van der Waals surface area contributed by atoms with Gasteiger partial charge in [0.1, 0.15) is 18.3 Å². The Hall–Kier alpha value is -2.95. The Morgan fingerprint density at radius 2 is 1.96 bits per heavy atom. The van der Waals surface area contributed by atoms with E-state index in [2.05, 4.69) is 11.4 Å². The van der Waals surface area contributed by atoms with Gasteiger partial charge in [-0.05, 0) is 37.1 Å². The predicted molar refractivity (Wildman–Crippen MR) is 98.8 cm³/mol. The summed E-state index contributed by atoms with van der Waals surface area (Å²) in [5.41, 5.74) is 4.04. The molecule has 26 heavy (non-hydrogen) atoms. The second kappa shape index (κ2) is 6.75. The average molecular weight is 351 g/mol. The zero-order chi connectivity index (χ0) is 18.1. The van der Waals surface area contributed by atoms with Crippen molar-refractivity contribution in [1.29, 1.82) is 0 Å². The number of para-hydroxylation sites is 2. The Bertz CT molecular complexity index is 960. The van der Waals surface area contributed by atoms with Crippen LogP contribution < -0.4 is 14.8 Å². The van der Waals surface area contributed by atoms with Gasteiger partial charge in [-0.15, -0.1) is 0 Å². The fourth-order valence-electron chi connectivity index (χ4n) is 3.15. The van der Waals surface area contributed by atoms with Crippen molar-refractivity contribution >= 4 is 16.9 Å². The van der Waals surface area contributed by atoms with Gasteiger partial charge in [0.25, 0.3) is 0 Å². The standard InChI is InChI=1S/C21H21NO4/c1-13-7-8-17-15(11-25-21(17)14(13)2)9-20(23)22-10-16-12-24-18-5-3-4-6-19(18)26-16/h3-8,11,16H,9-10,12H2,1-2H3,(H,22,23). The highest BCUT2D eigenvalue weighted by Crippen LogP contribution is 2.30. The van der Waals surface area contributed by atoms with Gasteiger partial charge < -0.3 is 19.2 Å². The van der Waals surface area contributed by atoms with E-state index in [1.807, 2.05) is 44.2 Å². The van der Waals surface area contributed by atoms with E-state index < -0.39 is 0 Å². The number of fused-ring (bicyclic) bond motifs is 2. The van der Waals surface area contributed by atoms with Crippen LogP contribution in [0, 0.1) is 13.8 Å². The largest absolute Gasteiger partial charge is 0.486 e. The monoisotopic (exact) mass is 351 g/mol. The number of furan rings is 1. The molecule has 1 atom stereocenters. The SMILES string of the molecule is Cc1ccc2c(CC(=O)NCC3COc4ccccc4O3)coc2c1C. The molecule has 1 amide bonds. The van der Waals surface area contributed by atoms with Crippen molar-refractivity contribution in [2.24, 2.45) is 0 Å². The minimum absolute atomic E-state index is 0.0617. The second-order valence-corrected chi connectivity index (χ2v) is 6.62. The van der Waals surface area contributed by atoms with Crippen LogP contribution in [0.2, 0.25) is 0 Å². The fourth-order valence-corrected chi connectivity index (χ4v) is 3.15. The van der Waals surface area contributed by atoms with Crippen LogP contribution in [0.3, 0.4) is 0 Å². The van der Waals surface area contributed by atoms with E-state index >= 15 is 0 Å². The summed E-state index contributed by atoms with van der Waals surface area (Å²) in [6.45, 7) is 4.91. The molecule has 1 unspecified atom stereocenters. The number of hydrogen-bond acceptors (Lipinski definition) is 4. The van der Waals surface area contributed by atoms with Crippen LogP contribution in [-0.4, -0.2) is 25.2 Å². The van der Waals surface area contributed by atoms with Crippen LogP contribution in [0.1, 0.15) is 16.7 Å². The summed E-state index contributed by atoms with van der Waals surface area (Å²) in [5, 5.41) is 3.92. The lowest BCUT2D eigenvalue weighted by Crippen LogP contribution is -2.41. The maximum absolute atomic E-state index is 12.3. The van der Waals surface area contributed by atoms with Crippen LogP contribution in [0.15, 0.2) is 47.1 Å². The van der Waals surface area contributed by atoms with Gasteiger partial charge in [-0.25, -0.2) is 0 Å². The third-order valence-electron chi connectivity index (χ3n) is 4.79. The maximum Gasteiger partial charge on any atom is 0.224 e. The highest BCUT2D eigenvalue weighted by Gasteiger charge is 2.21. The van der Waals surface area contributed by atoms with E-state index in [4.69, 9.17) is 13.9 Å². The highest BCUT2D eigenvalue weighted by molar-refractivity contribution is 5.89. The molecular weight excluding hydrogens is 330 g/mol. The Labute approximate surface area is 151 Å². The molecule has 1 aliphatic rings. The second-order valence-electron chi connectivity index (χ2n) is 6.62. The number of carbonyl (C=O) groups is 1. The summed E-state index contributed by atoms with van der Waals surface area (Å²) in [5.74, 6) is 1.39. The number of hydrogen-bond donors (Lipinski definition) is 1. The number of aryl methyl sites for hydroxylation is 2. The third kappa shape index (κ3) is 3.12. The van der Waals surface area contributed by atoms with E-state index in [1.54, 1.807) is 6.26 Å². The molecule has 0 saturated heterocycles. The molecule has 3 aromatic rings. The van der Waals surface area contributed by atoms with Crippen LogP contribution >= 0.6 is 0 Å². The van der Waals surface area contributed by atoms with Crippen molar-refractivity contribution in [2.45, 2.75) is 26.4 Å². The highest BCUT2D eigenvalue weighted by atomic mass is 16.6. The van der Waals surface area contributed by atoms with E-state index in [0.29, 0.717) is 18.9 Å². The number of nitrogens with one attached hydrogen (secondary N) is 1. The van der Waals surface area contributed by atoms with Crippen LogP contribution in [-0.2, 0) is 11.2 Å². The quantitative estimate of drug-likeness (QED) is 0.781. The van der Waals surface area contributed by atoms with Crippen molar-refractivity contribution in [3.63, 3.8) is 0 Å². The number of rotatable bonds is 4. The average Bonchev–Trinajstić information content (AvgIpc) is 3.06. The van der Waals surface area contributed by atoms with Crippen LogP contribution in [0.4, 0.5) is 0 Å². The lowest BCUT2D eigenvalue weighted by molar-refractivity contribution is -0.120. The molecule has 2 heterocycles. The molecule has 4 rings (SSSR count). The van der Waals surface area contributed by atoms with Gasteiger partial charge in [-0.3, -0.25) is 4.79 Å². The van der Waals surface area contributed by atoms with Gasteiger partial charge >= 0.3 is 0 Å². The topological polar surface area (TPSA) is 60.7 Å². The number of ether oxygens (including phenoxy) is 2. The van der Waals surface area contributed by atoms with Crippen LogP contribution in [0.25, 0.3) is 11.0 Å². The Morgan fingerprint density at radius 3 is 2.81 bits per heavy atom. The molecule has 2 aromatic carbocycles. The molecule has 134 valence electrons. The molecule has 0 radical (unpaired) electrons. The van der Waals surface area contributed by atoms with Crippen molar-refractivity contribution in [2.75, 3.05) is 13.2 Å². The zero-order valence-electron chi connectivity index (χ0n) is 14.9. The molecule has 0 bridgehead atoms. The molecular formula is C21H21NO4. The predicted octanol–water partition coefficient (Wildman–Crippen LogP) is 3.55. The fraction of sp³-hybridized carbons (Fsp3) is 0.286. The first-order valence-corrected chi connectivity index (χ1v) is 8.73. The molecule has 5 nitrogen and oxygen atoms in total. The number of benzene rings is 2. The summed E-state index contributed by atoms with van der Waals surface area (Å²) in [6.07, 6.45) is 1.76.